The number of carbonyl (C=O) groups excluding carboxylic acids is 1. The van der Waals surface area contributed by atoms with Crippen molar-refractivity contribution >= 4 is 33.3 Å². The number of benzene rings is 1. The molecule has 1 fully saturated rings. The average Bonchev–Trinajstić information content (AvgIpc) is 3.10. The lowest BCUT2D eigenvalue weighted by molar-refractivity contribution is -0.142. The highest BCUT2D eigenvalue weighted by molar-refractivity contribution is 7.19. The monoisotopic (exact) mass is 356 g/mol. The van der Waals surface area contributed by atoms with E-state index in [-0.39, 0.29) is 12.5 Å². The molecule has 1 aromatic carbocycles. The zero-order valence-electron chi connectivity index (χ0n) is 13.6. The molecule has 4 rings (SSSR count). The van der Waals surface area contributed by atoms with Gasteiger partial charge >= 0.3 is 0 Å². The molecule has 0 radical (unpaired) electrons. The van der Waals surface area contributed by atoms with Gasteiger partial charge in [0, 0.05) is 17.8 Å². The van der Waals surface area contributed by atoms with Crippen molar-refractivity contribution in [3.05, 3.63) is 36.4 Å². The van der Waals surface area contributed by atoms with Gasteiger partial charge in [-0.15, -0.1) is 0 Å². The Morgan fingerprint density at radius 2 is 2.20 bits per heavy atom. The van der Waals surface area contributed by atoms with Crippen molar-refractivity contribution in [3.8, 4) is 10.4 Å². The van der Waals surface area contributed by atoms with E-state index in [0.29, 0.717) is 18.3 Å². The van der Waals surface area contributed by atoms with E-state index in [4.69, 9.17) is 9.47 Å². The summed E-state index contributed by atoms with van der Waals surface area (Å²) in [4.78, 5) is 26.0. The number of rotatable bonds is 3. The second-order valence-corrected chi connectivity index (χ2v) is 6.67. The number of aromatic nitrogens is 3. The number of thiazole rings is 1. The Labute approximate surface area is 148 Å². The molecular formula is C17H16N4O3S. The van der Waals surface area contributed by atoms with E-state index < -0.39 is 6.10 Å². The summed E-state index contributed by atoms with van der Waals surface area (Å²) < 4.78 is 10.6. The zero-order chi connectivity index (χ0) is 17.2. The highest BCUT2D eigenvalue weighted by atomic mass is 32.1. The largest absolute Gasteiger partial charge is 0.376 e. The van der Waals surface area contributed by atoms with E-state index in [1.165, 1.54) is 11.3 Å². The van der Waals surface area contributed by atoms with E-state index in [2.05, 4.69) is 20.3 Å². The van der Waals surface area contributed by atoms with Crippen LogP contribution in [-0.2, 0) is 14.3 Å². The molecule has 0 spiro atoms. The molecule has 3 aromatic rings. The summed E-state index contributed by atoms with van der Waals surface area (Å²) in [6.07, 6.45) is 2.97. The van der Waals surface area contributed by atoms with Crippen molar-refractivity contribution in [2.24, 2.45) is 0 Å². The van der Waals surface area contributed by atoms with Crippen LogP contribution >= 0.6 is 11.3 Å². The van der Waals surface area contributed by atoms with Gasteiger partial charge in [-0.25, -0.2) is 15.0 Å². The van der Waals surface area contributed by atoms with Gasteiger partial charge in [0.1, 0.15) is 5.82 Å². The predicted octanol–water partition coefficient (Wildman–Crippen LogP) is 2.42. The standard InChI is InChI=1S/C17H16N4O3S/c1-10-18-7-12-3-2-11(6-13(12)20-10)15-8-19-17(25-15)21-16(22)14-9-23-4-5-24-14/h2-3,6-8,14H,4-5,9H2,1H3,(H,19,21,22). The minimum atomic E-state index is -0.582. The maximum atomic E-state index is 12.2. The molecule has 1 aliphatic heterocycles. The van der Waals surface area contributed by atoms with Crippen molar-refractivity contribution in [1.29, 1.82) is 0 Å². The van der Waals surface area contributed by atoms with Crippen LogP contribution < -0.4 is 5.32 Å². The van der Waals surface area contributed by atoms with Gasteiger partial charge < -0.3 is 9.47 Å². The molecule has 1 amide bonds. The minimum absolute atomic E-state index is 0.234. The first-order chi connectivity index (χ1) is 12.2. The van der Waals surface area contributed by atoms with E-state index in [9.17, 15) is 4.79 Å². The third-order valence-corrected chi connectivity index (χ3v) is 4.79. The number of fused-ring (bicyclic) bond motifs is 1. The Balaban J connectivity index is 1.53. The molecule has 1 unspecified atom stereocenters. The van der Waals surface area contributed by atoms with Crippen LogP contribution in [0.15, 0.2) is 30.6 Å². The van der Waals surface area contributed by atoms with Crippen LogP contribution in [0.4, 0.5) is 5.13 Å². The van der Waals surface area contributed by atoms with Crippen LogP contribution in [0.1, 0.15) is 5.82 Å². The topological polar surface area (TPSA) is 86.2 Å². The van der Waals surface area contributed by atoms with Crippen molar-refractivity contribution in [1.82, 2.24) is 15.0 Å². The SMILES string of the molecule is Cc1ncc2ccc(-c3cnc(NC(=O)C4COCCO4)s3)cc2n1. The summed E-state index contributed by atoms with van der Waals surface area (Å²) in [5.41, 5.74) is 1.89. The molecule has 1 atom stereocenters. The molecule has 1 saturated heterocycles. The Morgan fingerprint density at radius 1 is 1.28 bits per heavy atom. The van der Waals surface area contributed by atoms with Crippen LogP contribution in [0, 0.1) is 6.92 Å². The molecule has 25 heavy (non-hydrogen) atoms. The number of anilines is 1. The number of hydrogen-bond acceptors (Lipinski definition) is 7. The molecule has 2 aromatic heterocycles. The van der Waals surface area contributed by atoms with E-state index in [0.717, 1.165) is 27.2 Å². The second-order valence-electron chi connectivity index (χ2n) is 5.64. The highest BCUT2D eigenvalue weighted by Crippen LogP contribution is 2.30. The molecule has 8 heteroatoms. The zero-order valence-corrected chi connectivity index (χ0v) is 14.4. The lowest BCUT2D eigenvalue weighted by atomic mass is 10.1. The number of nitrogens with one attached hydrogen (secondary N) is 1. The first-order valence-corrected chi connectivity index (χ1v) is 8.70. The fraction of sp³-hybridized carbons (Fsp3) is 0.294. The molecule has 128 valence electrons. The molecule has 7 nitrogen and oxygen atoms in total. The van der Waals surface area contributed by atoms with E-state index >= 15 is 0 Å². The van der Waals surface area contributed by atoms with Crippen LogP contribution in [0.2, 0.25) is 0 Å². The second kappa shape index (κ2) is 6.83. The first kappa shape index (κ1) is 16.1. The minimum Gasteiger partial charge on any atom is -0.376 e. The molecule has 0 bridgehead atoms. The van der Waals surface area contributed by atoms with Gasteiger partial charge in [0.25, 0.3) is 5.91 Å². The van der Waals surface area contributed by atoms with Crippen molar-refractivity contribution in [2.45, 2.75) is 13.0 Å². The van der Waals surface area contributed by atoms with Gasteiger partial charge in [-0.3, -0.25) is 10.1 Å². The summed E-state index contributed by atoms with van der Waals surface area (Å²) >= 11 is 1.41. The Hall–Kier alpha value is -2.42. The van der Waals surface area contributed by atoms with Gasteiger partial charge in [0.2, 0.25) is 0 Å². The third-order valence-electron chi connectivity index (χ3n) is 3.83. The summed E-state index contributed by atoms with van der Waals surface area (Å²) in [7, 11) is 0. The van der Waals surface area contributed by atoms with Crippen molar-refractivity contribution < 1.29 is 14.3 Å². The molecule has 0 aliphatic carbocycles. The van der Waals surface area contributed by atoms with Crippen LogP contribution in [0.25, 0.3) is 21.3 Å². The first-order valence-electron chi connectivity index (χ1n) is 7.89. The lowest BCUT2D eigenvalue weighted by Crippen LogP contribution is -2.39. The summed E-state index contributed by atoms with van der Waals surface area (Å²) in [5.74, 6) is 0.499. The maximum Gasteiger partial charge on any atom is 0.257 e. The average molecular weight is 356 g/mol. The number of amides is 1. The predicted molar refractivity (Wildman–Crippen MR) is 94.6 cm³/mol. The van der Waals surface area contributed by atoms with Crippen molar-refractivity contribution in [3.63, 3.8) is 0 Å². The van der Waals surface area contributed by atoms with E-state index in [1.54, 1.807) is 6.20 Å². The Kier molecular flexibility index (Phi) is 4.39. The number of aryl methyl sites for hydroxylation is 1. The smallest absolute Gasteiger partial charge is 0.257 e. The Morgan fingerprint density at radius 3 is 3.04 bits per heavy atom. The maximum absolute atomic E-state index is 12.2. The fourth-order valence-corrected chi connectivity index (χ4v) is 3.38. The molecular weight excluding hydrogens is 340 g/mol. The number of carbonyl (C=O) groups is 1. The number of ether oxygens (including phenoxy) is 2. The summed E-state index contributed by atoms with van der Waals surface area (Å²) in [5, 5.41) is 4.31. The number of nitrogens with zero attached hydrogens (tertiary/aromatic N) is 3. The van der Waals surface area contributed by atoms with Gasteiger partial charge in [-0.1, -0.05) is 23.5 Å². The molecule has 1 aliphatic rings. The van der Waals surface area contributed by atoms with Crippen LogP contribution in [0.3, 0.4) is 0 Å². The van der Waals surface area contributed by atoms with Crippen LogP contribution in [-0.4, -0.2) is 46.8 Å². The third kappa shape index (κ3) is 3.51. The van der Waals surface area contributed by atoms with Gasteiger partial charge in [0.15, 0.2) is 11.2 Å². The molecule has 1 N–H and O–H groups in total. The number of hydrogen-bond donors (Lipinski definition) is 1. The Bertz CT molecular complexity index is 921. The van der Waals surface area contributed by atoms with Crippen molar-refractivity contribution in [2.75, 3.05) is 25.1 Å². The van der Waals surface area contributed by atoms with Gasteiger partial charge in [-0.05, 0) is 18.6 Å². The normalized spacial score (nSPS) is 17.6. The van der Waals surface area contributed by atoms with E-state index in [1.807, 2.05) is 31.3 Å². The molecule has 0 saturated carbocycles. The quantitative estimate of drug-likeness (QED) is 0.776. The summed E-state index contributed by atoms with van der Waals surface area (Å²) in [6, 6.07) is 5.98. The van der Waals surface area contributed by atoms with Crippen LogP contribution in [0.5, 0.6) is 0 Å². The van der Waals surface area contributed by atoms with Gasteiger partial charge in [0.05, 0.1) is 30.2 Å². The summed E-state index contributed by atoms with van der Waals surface area (Å²) in [6.45, 7) is 3.09. The molecule has 3 heterocycles. The van der Waals surface area contributed by atoms with Gasteiger partial charge in [-0.2, -0.15) is 0 Å². The fourth-order valence-electron chi connectivity index (χ4n) is 2.56. The highest BCUT2D eigenvalue weighted by Gasteiger charge is 2.23. The lowest BCUT2D eigenvalue weighted by Gasteiger charge is -2.21.